The van der Waals surface area contributed by atoms with Gasteiger partial charge in [0.05, 0.1) is 23.1 Å². The molecule has 0 atom stereocenters. The van der Waals surface area contributed by atoms with E-state index in [-0.39, 0.29) is 0 Å². The van der Waals surface area contributed by atoms with Gasteiger partial charge < -0.3 is 24.0 Å². The lowest BCUT2D eigenvalue weighted by molar-refractivity contribution is 0.0367. The van der Waals surface area contributed by atoms with Crippen LogP contribution in [0.5, 0.6) is 11.5 Å². The molecule has 4 aromatic rings. The van der Waals surface area contributed by atoms with Crippen LogP contribution < -0.4 is 4.74 Å². The number of aromatic nitrogens is 2. The van der Waals surface area contributed by atoms with Crippen molar-refractivity contribution >= 4 is 23.3 Å². The van der Waals surface area contributed by atoms with Crippen molar-refractivity contribution in [1.82, 2.24) is 19.4 Å². The zero-order valence-corrected chi connectivity index (χ0v) is 24.0. The summed E-state index contributed by atoms with van der Waals surface area (Å²) in [5, 5.41) is 9.09. The van der Waals surface area contributed by atoms with Crippen LogP contribution in [-0.2, 0) is 18.3 Å². The SMILES string of the molecule is C1COC1.CN1CCN(Cc2nc3ccc(C(=O)O)cc3n2C)CC1.Cc1cccc(Oc2ccc(C=O)cc2)c1. The number of imidazole rings is 1. The molecule has 216 valence electrons. The minimum atomic E-state index is -0.904. The Bertz CT molecular complexity index is 1430. The second-order valence-corrected chi connectivity index (χ2v) is 10.2. The Kier molecular flexibility index (Phi) is 10.6. The van der Waals surface area contributed by atoms with Gasteiger partial charge in [-0.1, -0.05) is 12.1 Å². The molecule has 0 unspecified atom stereocenters. The first-order chi connectivity index (χ1) is 19.8. The lowest BCUT2D eigenvalue weighted by atomic mass is 10.2. The number of carbonyl (C=O) groups is 2. The summed E-state index contributed by atoms with van der Waals surface area (Å²) in [5.41, 5.74) is 3.83. The van der Waals surface area contributed by atoms with Crippen molar-refractivity contribution in [3.8, 4) is 11.5 Å². The van der Waals surface area contributed by atoms with Crippen molar-refractivity contribution in [3.05, 3.63) is 89.2 Å². The van der Waals surface area contributed by atoms with E-state index in [1.807, 2.05) is 42.8 Å². The van der Waals surface area contributed by atoms with E-state index in [0.717, 1.165) is 86.1 Å². The molecule has 2 fully saturated rings. The lowest BCUT2D eigenvalue weighted by Crippen LogP contribution is -2.44. The van der Waals surface area contributed by atoms with Crippen molar-refractivity contribution in [2.24, 2.45) is 7.05 Å². The highest BCUT2D eigenvalue weighted by molar-refractivity contribution is 5.92. The summed E-state index contributed by atoms with van der Waals surface area (Å²) in [6.45, 7) is 9.06. The predicted octanol–water partition coefficient (Wildman–Crippen LogP) is 5.03. The van der Waals surface area contributed by atoms with Crippen LogP contribution in [0.2, 0.25) is 0 Å². The third-order valence-electron chi connectivity index (χ3n) is 7.00. The molecule has 0 aliphatic carbocycles. The first kappa shape index (κ1) is 29.9. The number of ether oxygens (including phenoxy) is 2. The highest BCUT2D eigenvalue weighted by atomic mass is 16.5. The molecule has 0 amide bonds. The fraction of sp³-hybridized carbons (Fsp3) is 0.344. The van der Waals surface area contributed by atoms with Gasteiger partial charge in [-0.25, -0.2) is 9.78 Å². The number of piperazine rings is 1. The summed E-state index contributed by atoms with van der Waals surface area (Å²) in [4.78, 5) is 30.9. The van der Waals surface area contributed by atoms with Gasteiger partial charge in [0.15, 0.2) is 0 Å². The van der Waals surface area contributed by atoms with Crippen molar-refractivity contribution in [3.63, 3.8) is 0 Å². The summed E-state index contributed by atoms with van der Waals surface area (Å²) < 4.78 is 12.4. The van der Waals surface area contributed by atoms with Crippen molar-refractivity contribution in [2.45, 2.75) is 19.9 Å². The number of hydrogen-bond donors (Lipinski definition) is 1. The second kappa shape index (κ2) is 14.5. The third-order valence-corrected chi connectivity index (χ3v) is 7.00. The molecule has 9 heteroatoms. The number of fused-ring (bicyclic) bond motifs is 1. The molecule has 41 heavy (non-hydrogen) atoms. The van der Waals surface area contributed by atoms with E-state index < -0.39 is 5.97 Å². The molecule has 3 heterocycles. The lowest BCUT2D eigenvalue weighted by Gasteiger charge is -2.31. The molecule has 0 saturated carbocycles. The number of hydrogen-bond acceptors (Lipinski definition) is 7. The van der Waals surface area contributed by atoms with E-state index in [2.05, 4.69) is 21.8 Å². The zero-order valence-electron chi connectivity index (χ0n) is 24.0. The summed E-state index contributed by atoms with van der Waals surface area (Å²) >= 11 is 0. The number of carbonyl (C=O) groups excluding carboxylic acids is 1. The van der Waals surface area contributed by atoms with Gasteiger partial charge in [-0.2, -0.15) is 0 Å². The van der Waals surface area contributed by atoms with Crippen molar-refractivity contribution in [2.75, 3.05) is 46.4 Å². The number of carboxylic acid groups (broad SMARTS) is 1. The largest absolute Gasteiger partial charge is 0.478 e. The summed E-state index contributed by atoms with van der Waals surface area (Å²) in [5.74, 6) is 1.62. The first-order valence-corrected chi connectivity index (χ1v) is 13.8. The molecule has 1 N–H and O–H groups in total. The Morgan fingerprint density at radius 2 is 1.66 bits per heavy atom. The molecule has 3 aromatic carbocycles. The van der Waals surface area contributed by atoms with Crippen LogP contribution >= 0.6 is 0 Å². The van der Waals surface area contributed by atoms with Gasteiger partial charge in [0, 0.05) is 52.0 Å². The average molecular weight is 559 g/mol. The van der Waals surface area contributed by atoms with Gasteiger partial charge in [0.2, 0.25) is 0 Å². The van der Waals surface area contributed by atoms with Crippen LogP contribution in [0.4, 0.5) is 0 Å². The molecule has 0 bridgehead atoms. The summed E-state index contributed by atoms with van der Waals surface area (Å²) in [6, 6.07) is 20.0. The molecule has 1 aromatic heterocycles. The molecule has 2 saturated heterocycles. The van der Waals surface area contributed by atoms with Crippen molar-refractivity contribution in [1.29, 1.82) is 0 Å². The van der Waals surface area contributed by atoms with Gasteiger partial charge in [-0.05, 0) is 80.6 Å². The van der Waals surface area contributed by atoms with Crippen LogP contribution in [0.1, 0.15) is 38.5 Å². The fourth-order valence-corrected chi connectivity index (χ4v) is 4.29. The standard InChI is InChI=1S/C15H20N4O2.C14H12O2.C3H6O/c1-17-5-7-19(8-6-17)10-14-16-12-4-3-11(15(20)21)9-13(12)18(14)2;1-11-3-2-4-14(9-11)16-13-7-5-12(10-15)6-8-13;1-2-4-3-1/h3-4,9H,5-8,10H2,1-2H3,(H,20,21);2-10H,1H3;1-3H2. The minimum absolute atomic E-state index is 0.302. The molecule has 0 spiro atoms. The topological polar surface area (TPSA) is 97.1 Å². The monoisotopic (exact) mass is 558 g/mol. The third kappa shape index (κ3) is 8.72. The van der Waals surface area contributed by atoms with Crippen LogP contribution in [-0.4, -0.2) is 83.2 Å². The molecule has 2 aliphatic rings. The smallest absolute Gasteiger partial charge is 0.335 e. The maximum Gasteiger partial charge on any atom is 0.335 e. The predicted molar refractivity (Wildman–Crippen MR) is 159 cm³/mol. The fourth-order valence-electron chi connectivity index (χ4n) is 4.29. The maximum absolute atomic E-state index is 11.1. The van der Waals surface area contributed by atoms with E-state index in [1.165, 1.54) is 6.42 Å². The van der Waals surface area contributed by atoms with Gasteiger partial charge in [0.25, 0.3) is 0 Å². The van der Waals surface area contributed by atoms with Crippen LogP contribution in [0.25, 0.3) is 11.0 Å². The number of aldehydes is 1. The Morgan fingerprint density at radius 1 is 0.976 bits per heavy atom. The quantitative estimate of drug-likeness (QED) is 0.330. The average Bonchev–Trinajstić information content (AvgIpc) is 3.24. The highest BCUT2D eigenvalue weighted by Crippen LogP contribution is 2.22. The van der Waals surface area contributed by atoms with E-state index >= 15 is 0 Å². The number of carboxylic acids is 1. The number of aromatic carboxylic acids is 1. The van der Waals surface area contributed by atoms with Gasteiger partial charge in [0.1, 0.15) is 23.6 Å². The Hall–Kier alpha value is -4.05. The zero-order chi connectivity index (χ0) is 29.2. The number of nitrogens with zero attached hydrogens (tertiary/aromatic N) is 4. The summed E-state index contributed by atoms with van der Waals surface area (Å²) in [6.07, 6.45) is 2.09. The van der Waals surface area contributed by atoms with E-state index in [0.29, 0.717) is 11.1 Å². The Labute approximate surface area is 240 Å². The number of benzene rings is 3. The minimum Gasteiger partial charge on any atom is -0.478 e. The van der Waals surface area contributed by atoms with E-state index in [1.54, 1.807) is 42.5 Å². The molecule has 0 radical (unpaired) electrons. The summed E-state index contributed by atoms with van der Waals surface area (Å²) in [7, 11) is 4.09. The normalized spacial score (nSPS) is 15.1. The van der Waals surface area contributed by atoms with Crippen molar-refractivity contribution < 1.29 is 24.2 Å². The number of aryl methyl sites for hydroxylation is 2. The van der Waals surface area contributed by atoms with Crippen LogP contribution in [0.3, 0.4) is 0 Å². The Balaban J connectivity index is 0.000000171. The molecule has 9 nitrogen and oxygen atoms in total. The van der Waals surface area contributed by atoms with Gasteiger partial charge in [-0.3, -0.25) is 9.69 Å². The molecule has 2 aliphatic heterocycles. The van der Waals surface area contributed by atoms with Gasteiger partial charge >= 0.3 is 5.97 Å². The number of rotatable bonds is 6. The molecular weight excluding hydrogens is 520 g/mol. The first-order valence-electron chi connectivity index (χ1n) is 13.8. The van der Waals surface area contributed by atoms with Crippen LogP contribution in [0, 0.1) is 6.92 Å². The number of likely N-dealkylation sites (N-methyl/N-ethyl adjacent to an activating group) is 1. The molecule has 6 rings (SSSR count). The highest BCUT2D eigenvalue weighted by Gasteiger charge is 2.17. The van der Waals surface area contributed by atoms with Gasteiger partial charge in [-0.15, -0.1) is 0 Å². The maximum atomic E-state index is 11.1. The second-order valence-electron chi connectivity index (χ2n) is 10.2. The van der Waals surface area contributed by atoms with Crippen LogP contribution in [0.15, 0.2) is 66.7 Å². The Morgan fingerprint density at radius 3 is 2.24 bits per heavy atom. The van der Waals surface area contributed by atoms with E-state index in [9.17, 15) is 9.59 Å². The van der Waals surface area contributed by atoms with E-state index in [4.69, 9.17) is 14.6 Å². The molecular formula is C32H38N4O5.